The first-order valence-corrected chi connectivity index (χ1v) is 14.7. The molecule has 1 saturated heterocycles. The number of fused-ring (bicyclic) bond motifs is 1. The number of aliphatic hydroxyl groups is 1. The molecule has 9 N–H and O–H groups in total. The fraction of sp³-hybridized carbons (Fsp3) is 0.419. The summed E-state index contributed by atoms with van der Waals surface area (Å²) < 4.78 is 0. The standard InChI is InChI=1S/C31H41N7O5/c32-14-7-6-12-24-30(42)38-25(16-20-8-2-1-3-9-20)29(41)33-15-13-27(39)34-19-28(40)36-26(31(43)37-24)18-22-17-21-10-4-5-11-23(21)35-22/h1-5,8-11,17,24-26,29,33,35,41H,6-7,12-16,18-19,32H2,(H,34,39)(H,36,40)(H,37,43)(H,38,42)/t24-,25-,26-,29-/m0/s1. The number of aromatic amines is 1. The number of hydrogen-bond donors (Lipinski definition) is 8. The van der Waals surface area contributed by atoms with Crippen molar-refractivity contribution in [1.29, 1.82) is 0 Å². The average molecular weight is 592 g/mol. The third kappa shape index (κ3) is 9.63. The molecule has 0 saturated carbocycles. The van der Waals surface area contributed by atoms with Crippen molar-refractivity contribution in [2.45, 2.75) is 62.9 Å². The molecule has 0 spiro atoms. The lowest BCUT2D eigenvalue weighted by Gasteiger charge is -2.29. The van der Waals surface area contributed by atoms with Crippen molar-refractivity contribution < 1.29 is 24.3 Å². The predicted octanol–water partition coefficient (Wildman–Crippen LogP) is -0.0356. The summed E-state index contributed by atoms with van der Waals surface area (Å²) in [6, 6.07) is 16.3. The maximum Gasteiger partial charge on any atom is 0.243 e. The van der Waals surface area contributed by atoms with E-state index in [1.54, 1.807) is 0 Å². The zero-order chi connectivity index (χ0) is 30.6. The van der Waals surface area contributed by atoms with Gasteiger partial charge < -0.3 is 37.1 Å². The third-order valence-corrected chi connectivity index (χ3v) is 7.40. The SMILES string of the molecule is NCCCC[C@@H]1NC(=O)[C@H](Cc2cc3ccccc3[nH]2)NC(=O)CNC(=O)CCN[C@@H](O)[C@H](Cc2ccccc2)NC1=O. The number of hydrogen-bond acceptors (Lipinski definition) is 7. The molecule has 2 heterocycles. The number of unbranched alkanes of at least 4 members (excludes halogenated alkanes) is 1. The Hall–Kier alpha value is -4.26. The van der Waals surface area contributed by atoms with Crippen molar-refractivity contribution in [2.75, 3.05) is 19.6 Å². The first-order chi connectivity index (χ1) is 20.8. The molecule has 4 atom stereocenters. The Morgan fingerprint density at radius 1 is 0.814 bits per heavy atom. The fourth-order valence-corrected chi connectivity index (χ4v) is 5.09. The molecule has 43 heavy (non-hydrogen) atoms. The molecule has 1 aliphatic rings. The van der Waals surface area contributed by atoms with Gasteiger partial charge in [-0.25, -0.2) is 0 Å². The Bertz CT molecular complexity index is 1350. The van der Waals surface area contributed by atoms with Crippen LogP contribution in [-0.2, 0) is 32.0 Å². The van der Waals surface area contributed by atoms with Crippen molar-refractivity contribution in [2.24, 2.45) is 5.73 Å². The molecule has 12 nitrogen and oxygen atoms in total. The second kappa shape index (κ2) is 15.8. The molecule has 0 bridgehead atoms. The third-order valence-electron chi connectivity index (χ3n) is 7.40. The minimum Gasteiger partial charge on any atom is -0.376 e. The van der Waals surface area contributed by atoms with E-state index in [-0.39, 0.29) is 25.9 Å². The molecule has 1 fully saturated rings. The van der Waals surface area contributed by atoms with Crippen LogP contribution in [0.25, 0.3) is 10.9 Å². The van der Waals surface area contributed by atoms with Gasteiger partial charge in [0, 0.05) is 30.6 Å². The predicted molar refractivity (Wildman–Crippen MR) is 162 cm³/mol. The van der Waals surface area contributed by atoms with E-state index in [9.17, 15) is 24.3 Å². The number of carbonyl (C=O) groups is 4. The van der Waals surface area contributed by atoms with Crippen LogP contribution in [-0.4, -0.2) is 77.7 Å². The maximum absolute atomic E-state index is 13.7. The van der Waals surface area contributed by atoms with Crippen molar-refractivity contribution in [3.05, 3.63) is 71.9 Å². The second-order valence-electron chi connectivity index (χ2n) is 10.8. The van der Waals surface area contributed by atoms with Crippen LogP contribution in [0.1, 0.15) is 36.9 Å². The number of benzene rings is 2. The van der Waals surface area contributed by atoms with Gasteiger partial charge in [0.1, 0.15) is 18.3 Å². The van der Waals surface area contributed by atoms with Crippen LogP contribution in [0.2, 0.25) is 0 Å². The number of rotatable bonds is 8. The Morgan fingerprint density at radius 3 is 2.33 bits per heavy atom. The molecule has 0 unspecified atom stereocenters. The largest absolute Gasteiger partial charge is 0.376 e. The van der Waals surface area contributed by atoms with E-state index >= 15 is 0 Å². The smallest absolute Gasteiger partial charge is 0.243 e. The van der Waals surface area contributed by atoms with Gasteiger partial charge in [-0.3, -0.25) is 24.5 Å². The summed E-state index contributed by atoms with van der Waals surface area (Å²) >= 11 is 0. The van der Waals surface area contributed by atoms with Crippen molar-refractivity contribution in [1.82, 2.24) is 31.6 Å². The van der Waals surface area contributed by atoms with Gasteiger partial charge >= 0.3 is 0 Å². The molecule has 0 aliphatic carbocycles. The van der Waals surface area contributed by atoms with Gasteiger partial charge in [-0.15, -0.1) is 0 Å². The summed E-state index contributed by atoms with van der Waals surface area (Å²) in [5, 5.41) is 25.8. The van der Waals surface area contributed by atoms with E-state index in [2.05, 4.69) is 31.6 Å². The van der Waals surface area contributed by atoms with Crippen molar-refractivity contribution in [3.63, 3.8) is 0 Å². The molecule has 4 rings (SSSR count). The minimum atomic E-state index is -1.18. The number of nitrogens with one attached hydrogen (secondary N) is 6. The van der Waals surface area contributed by atoms with Gasteiger partial charge in [0.2, 0.25) is 23.6 Å². The lowest BCUT2D eigenvalue weighted by Crippen LogP contribution is -2.59. The molecular formula is C31H41N7O5. The quantitative estimate of drug-likeness (QED) is 0.169. The monoisotopic (exact) mass is 591 g/mol. The van der Waals surface area contributed by atoms with Crippen LogP contribution in [0.4, 0.5) is 0 Å². The molecule has 4 amide bonds. The molecule has 230 valence electrons. The van der Waals surface area contributed by atoms with Crippen molar-refractivity contribution >= 4 is 34.5 Å². The highest BCUT2D eigenvalue weighted by atomic mass is 16.3. The highest BCUT2D eigenvalue weighted by Gasteiger charge is 2.30. The molecule has 2 aromatic carbocycles. The Kier molecular flexibility index (Phi) is 11.7. The van der Waals surface area contributed by atoms with E-state index in [0.717, 1.165) is 22.2 Å². The van der Waals surface area contributed by atoms with Crippen LogP contribution in [0, 0.1) is 0 Å². The summed E-state index contributed by atoms with van der Waals surface area (Å²) in [4.78, 5) is 55.8. The number of nitrogens with two attached hydrogens (primary N) is 1. The van der Waals surface area contributed by atoms with Crippen LogP contribution in [0.15, 0.2) is 60.7 Å². The molecule has 1 aromatic heterocycles. The van der Waals surface area contributed by atoms with Crippen LogP contribution >= 0.6 is 0 Å². The summed E-state index contributed by atoms with van der Waals surface area (Å²) in [6.07, 6.45) is 0.835. The second-order valence-corrected chi connectivity index (χ2v) is 10.8. The zero-order valence-corrected chi connectivity index (χ0v) is 24.1. The van der Waals surface area contributed by atoms with Gasteiger partial charge in [-0.2, -0.15) is 0 Å². The molecule has 0 radical (unpaired) electrons. The normalized spacial score (nSPS) is 22.8. The lowest BCUT2D eigenvalue weighted by molar-refractivity contribution is -0.133. The summed E-state index contributed by atoms with van der Waals surface area (Å²) in [6.45, 7) is 0.233. The molecule has 3 aromatic rings. The van der Waals surface area contributed by atoms with E-state index in [1.165, 1.54) is 0 Å². The number of aliphatic hydroxyl groups excluding tert-OH is 1. The Labute approximate surface area is 250 Å². The van der Waals surface area contributed by atoms with Crippen LogP contribution in [0.3, 0.4) is 0 Å². The molecular weight excluding hydrogens is 550 g/mol. The van der Waals surface area contributed by atoms with Crippen LogP contribution in [0.5, 0.6) is 0 Å². The van der Waals surface area contributed by atoms with Gasteiger partial charge in [0.05, 0.1) is 12.6 Å². The van der Waals surface area contributed by atoms with Crippen LogP contribution < -0.4 is 32.3 Å². The molecule has 12 heteroatoms. The summed E-state index contributed by atoms with van der Waals surface area (Å²) in [5.41, 5.74) is 8.19. The first kappa shape index (κ1) is 31.7. The number of aromatic nitrogens is 1. The highest BCUT2D eigenvalue weighted by molar-refractivity contribution is 5.93. The Morgan fingerprint density at radius 2 is 1.56 bits per heavy atom. The Balaban J connectivity index is 1.59. The van der Waals surface area contributed by atoms with E-state index < -0.39 is 48.0 Å². The van der Waals surface area contributed by atoms with Gasteiger partial charge in [-0.1, -0.05) is 48.5 Å². The first-order valence-electron chi connectivity index (χ1n) is 14.7. The zero-order valence-electron chi connectivity index (χ0n) is 24.1. The minimum absolute atomic E-state index is 0.00294. The number of carbonyl (C=O) groups excluding carboxylic acids is 4. The highest BCUT2D eigenvalue weighted by Crippen LogP contribution is 2.16. The van der Waals surface area contributed by atoms with Gasteiger partial charge in [0.25, 0.3) is 0 Å². The summed E-state index contributed by atoms with van der Waals surface area (Å²) in [5.74, 6) is -1.96. The number of amides is 4. The van der Waals surface area contributed by atoms with E-state index in [0.29, 0.717) is 32.2 Å². The topological polar surface area (TPSA) is 190 Å². The average Bonchev–Trinajstić information content (AvgIpc) is 3.41. The molecule has 1 aliphatic heterocycles. The van der Waals surface area contributed by atoms with Gasteiger partial charge in [0.15, 0.2) is 0 Å². The van der Waals surface area contributed by atoms with Gasteiger partial charge in [-0.05, 0) is 55.3 Å². The lowest BCUT2D eigenvalue weighted by atomic mass is 10.0. The fourth-order valence-electron chi connectivity index (χ4n) is 5.09. The van der Waals surface area contributed by atoms with Crippen molar-refractivity contribution in [3.8, 4) is 0 Å². The maximum atomic E-state index is 13.7. The summed E-state index contributed by atoms with van der Waals surface area (Å²) in [7, 11) is 0. The van der Waals surface area contributed by atoms with E-state index in [4.69, 9.17) is 5.73 Å². The van der Waals surface area contributed by atoms with E-state index in [1.807, 2.05) is 60.7 Å². The number of H-pyrrole nitrogens is 1. The number of para-hydroxylation sites is 1.